The minimum atomic E-state index is -0.0672. The predicted molar refractivity (Wildman–Crippen MR) is 56.1 cm³/mol. The molecule has 0 fully saturated rings. The van der Waals surface area contributed by atoms with Gasteiger partial charge in [-0.2, -0.15) is 0 Å². The Morgan fingerprint density at radius 3 is 2.79 bits per heavy atom. The first kappa shape index (κ1) is 10.4. The fourth-order valence-electron chi connectivity index (χ4n) is 0.973. The minimum Gasteiger partial charge on any atom is -0.383 e. The molecule has 1 aromatic rings. The van der Waals surface area contributed by atoms with Gasteiger partial charge in [-0.1, -0.05) is 0 Å². The molecule has 0 saturated heterocycles. The van der Waals surface area contributed by atoms with E-state index in [4.69, 9.17) is 0 Å². The van der Waals surface area contributed by atoms with Crippen molar-refractivity contribution in [2.24, 2.45) is 0 Å². The molecule has 1 aromatic heterocycles. The number of ketones is 1. The smallest absolute Gasteiger partial charge is 0.205 e. The van der Waals surface area contributed by atoms with Crippen LogP contribution in [-0.4, -0.2) is 29.8 Å². The zero-order valence-corrected chi connectivity index (χ0v) is 8.69. The van der Waals surface area contributed by atoms with Crippen LogP contribution >= 0.6 is 0 Å². The quantitative estimate of drug-likeness (QED) is 0.536. The molecule has 0 aromatic carbocycles. The van der Waals surface area contributed by atoms with Crippen LogP contribution in [0.4, 0.5) is 0 Å². The molecule has 0 atom stereocenters. The number of carbonyl (C=O) groups excluding carboxylic acids is 1. The SMILES string of the molecule is Cc1ccnc(C(=O)C=CN(C)C)c1. The van der Waals surface area contributed by atoms with E-state index in [1.54, 1.807) is 18.5 Å². The van der Waals surface area contributed by atoms with E-state index >= 15 is 0 Å². The Bertz CT molecular complexity index is 356. The molecule has 1 heterocycles. The fraction of sp³-hybridized carbons (Fsp3) is 0.273. The van der Waals surface area contributed by atoms with Gasteiger partial charge in [-0.3, -0.25) is 9.78 Å². The zero-order chi connectivity index (χ0) is 10.6. The summed E-state index contributed by atoms with van der Waals surface area (Å²) in [6.45, 7) is 1.94. The molecule has 14 heavy (non-hydrogen) atoms. The highest BCUT2D eigenvalue weighted by Gasteiger charge is 2.02. The molecular formula is C11H14N2O. The molecule has 0 radical (unpaired) electrons. The highest BCUT2D eigenvalue weighted by atomic mass is 16.1. The Morgan fingerprint density at radius 1 is 1.50 bits per heavy atom. The predicted octanol–water partition coefficient (Wildman–Crippen LogP) is 1.65. The largest absolute Gasteiger partial charge is 0.383 e. The number of hydrogen-bond acceptors (Lipinski definition) is 3. The number of rotatable bonds is 3. The lowest BCUT2D eigenvalue weighted by molar-refractivity contribution is 0.104. The second kappa shape index (κ2) is 4.56. The van der Waals surface area contributed by atoms with Crippen LogP contribution in [0.15, 0.2) is 30.6 Å². The lowest BCUT2D eigenvalue weighted by Gasteiger charge is -2.02. The zero-order valence-electron chi connectivity index (χ0n) is 8.69. The maximum Gasteiger partial charge on any atom is 0.205 e. The van der Waals surface area contributed by atoms with Crippen LogP contribution in [0, 0.1) is 6.92 Å². The van der Waals surface area contributed by atoms with Gasteiger partial charge in [-0.15, -0.1) is 0 Å². The lowest BCUT2D eigenvalue weighted by atomic mass is 10.2. The first-order valence-corrected chi connectivity index (χ1v) is 4.41. The van der Waals surface area contributed by atoms with Gasteiger partial charge >= 0.3 is 0 Å². The molecule has 3 nitrogen and oxygen atoms in total. The summed E-state index contributed by atoms with van der Waals surface area (Å²) in [7, 11) is 3.74. The van der Waals surface area contributed by atoms with Crippen molar-refractivity contribution in [3.63, 3.8) is 0 Å². The molecule has 0 spiro atoms. The number of aromatic nitrogens is 1. The molecule has 0 amide bonds. The van der Waals surface area contributed by atoms with Crippen LogP contribution in [0.5, 0.6) is 0 Å². The van der Waals surface area contributed by atoms with Gasteiger partial charge in [0.05, 0.1) is 0 Å². The highest BCUT2D eigenvalue weighted by molar-refractivity contribution is 6.02. The van der Waals surface area contributed by atoms with Gasteiger partial charge in [0.1, 0.15) is 5.69 Å². The third-order valence-electron chi connectivity index (χ3n) is 1.69. The number of aryl methyl sites for hydroxylation is 1. The standard InChI is InChI=1S/C11H14N2O/c1-9-4-6-12-10(8-9)11(14)5-7-13(2)3/h4-8H,1-3H3. The molecule has 74 valence electrons. The van der Waals surface area contributed by atoms with Crippen LogP contribution in [0.2, 0.25) is 0 Å². The van der Waals surface area contributed by atoms with Crippen LogP contribution in [0.3, 0.4) is 0 Å². The number of pyridine rings is 1. The monoisotopic (exact) mass is 190 g/mol. The third kappa shape index (κ3) is 3.01. The maximum absolute atomic E-state index is 11.5. The van der Waals surface area contributed by atoms with Crippen molar-refractivity contribution in [1.29, 1.82) is 0 Å². The van der Waals surface area contributed by atoms with E-state index in [1.807, 2.05) is 32.0 Å². The summed E-state index contributed by atoms with van der Waals surface area (Å²) in [4.78, 5) is 17.3. The topological polar surface area (TPSA) is 33.2 Å². The summed E-state index contributed by atoms with van der Waals surface area (Å²) in [5.41, 5.74) is 1.53. The maximum atomic E-state index is 11.5. The van der Waals surface area contributed by atoms with Crippen molar-refractivity contribution in [1.82, 2.24) is 9.88 Å². The van der Waals surface area contributed by atoms with Crippen molar-refractivity contribution >= 4 is 5.78 Å². The van der Waals surface area contributed by atoms with Crippen molar-refractivity contribution in [3.8, 4) is 0 Å². The molecule has 0 bridgehead atoms. The average Bonchev–Trinajstić information content (AvgIpc) is 2.14. The van der Waals surface area contributed by atoms with Crippen molar-refractivity contribution < 1.29 is 4.79 Å². The van der Waals surface area contributed by atoms with E-state index < -0.39 is 0 Å². The Hall–Kier alpha value is -1.64. The first-order valence-electron chi connectivity index (χ1n) is 4.41. The highest BCUT2D eigenvalue weighted by Crippen LogP contribution is 2.01. The molecular weight excluding hydrogens is 176 g/mol. The summed E-state index contributed by atoms with van der Waals surface area (Å²) in [6, 6.07) is 3.65. The van der Waals surface area contributed by atoms with E-state index in [1.165, 1.54) is 6.08 Å². The van der Waals surface area contributed by atoms with Gasteiger partial charge in [0.15, 0.2) is 0 Å². The van der Waals surface area contributed by atoms with Crippen molar-refractivity contribution in [3.05, 3.63) is 41.9 Å². The normalized spacial score (nSPS) is 10.5. The molecule has 0 aliphatic carbocycles. The molecule has 0 saturated carbocycles. The van der Waals surface area contributed by atoms with Crippen LogP contribution in [0.1, 0.15) is 16.1 Å². The second-order valence-electron chi connectivity index (χ2n) is 3.36. The van der Waals surface area contributed by atoms with Crippen molar-refractivity contribution in [2.45, 2.75) is 6.92 Å². The molecule has 3 heteroatoms. The van der Waals surface area contributed by atoms with E-state index in [2.05, 4.69) is 4.98 Å². The fourth-order valence-corrected chi connectivity index (χ4v) is 0.973. The van der Waals surface area contributed by atoms with Gasteiger partial charge in [-0.25, -0.2) is 0 Å². The number of carbonyl (C=O) groups is 1. The lowest BCUT2D eigenvalue weighted by Crippen LogP contribution is -2.04. The van der Waals surface area contributed by atoms with E-state index in [-0.39, 0.29) is 5.78 Å². The van der Waals surface area contributed by atoms with Crippen molar-refractivity contribution in [2.75, 3.05) is 14.1 Å². The van der Waals surface area contributed by atoms with E-state index in [0.717, 1.165) is 5.56 Å². The third-order valence-corrected chi connectivity index (χ3v) is 1.69. The Balaban J connectivity index is 2.80. The Labute approximate surface area is 84.1 Å². The number of hydrogen-bond donors (Lipinski definition) is 0. The Kier molecular flexibility index (Phi) is 3.40. The van der Waals surface area contributed by atoms with Gasteiger partial charge < -0.3 is 4.90 Å². The van der Waals surface area contributed by atoms with E-state index in [0.29, 0.717) is 5.69 Å². The molecule has 0 unspecified atom stereocenters. The van der Waals surface area contributed by atoms with Gasteiger partial charge in [0.2, 0.25) is 5.78 Å². The molecule has 1 rings (SSSR count). The molecule has 0 N–H and O–H groups in total. The summed E-state index contributed by atoms with van der Waals surface area (Å²) in [6.07, 6.45) is 4.88. The molecule has 0 aliphatic heterocycles. The van der Waals surface area contributed by atoms with Gasteiger partial charge in [0, 0.05) is 32.6 Å². The molecule has 0 aliphatic rings. The second-order valence-corrected chi connectivity index (χ2v) is 3.36. The summed E-state index contributed by atoms with van der Waals surface area (Å²) in [5, 5.41) is 0. The first-order chi connectivity index (χ1) is 6.59. The summed E-state index contributed by atoms with van der Waals surface area (Å²) < 4.78 is 0. The average molecular weight is 190 g/mol. The number of nitrogens with zero attached hydrogens (tertiary/aromatic N) is 2. The summed E-state index contributed by atoms with van der Waals surface area (Å²) in [5.74, 6) is -0.0672. The summed E-state index contributed by atoms with van der Waals surface area (Å²) >= 11 is 0. The van der Waals surface area contributed by atoms with Gasteiger partial charge in [-0.05, 0) is 24.6 Å². The number of allylic oxidation sites excluding steroid dienone is 1. The Morgan fingerprint density at radius 2 is 2.21 bits per heavy atom. The van der Waals surface area contributed by atoms with E-state index in [9.17, 15) is 4.79 Å². The van der Waals surface area contributed by atoms with Crippen LogP contribution in [-0.2, 0) is 0 Å². The van der Waals surface area contributed by atoms with Gasteiger partial charge in [0.25, 0.3) is 0 Å². The van der Waals surface area contributed by atoms with Crippen LogP contribution in [0.25, 0.3) is 0 Å². The van der Waals surface area contributed by atoms with Crippen LogP contribution < -0.4 is 0 Å². The minimum absolute atomic E-state index is 0.0672.